The highest BCUT2D eigenvalue weighted by Gasteiger charge is 2.24. The maximum Gasteiger partial charge on any atom is 0.255 e. The van der Waals surface area contributed by atoms with Gasteiger partial charge in [-0.3, -0.25) is 14.3 Å². The summed E-state index contributed by atoms with van der Waals surface area (Å²) in [5.74, 6) is 1.85. The van der Waals surface area contributed by atoms with Gasteiger partial charge in [0.1, 0.15) is 5.82 Å². The molecule has 0 spiro atoms. The number of benzene rings is 2. The van der Waals surface area contributed by atoms with Gasteiger partial charge >= 0.3 is 0 Å². The molecule has 9 heteroatoms. The van der Waals surface area contributed by atoms with Crippen molar-refractivity contribution in [3.05, 3.63) is 94.4 Å². The fourth-order valence-electron chi connectivity index (χ4n) is 4.74. The first-order chi connectivity index (χ1) is 18.3. The van der Waals surface area contributed by atoms with E-state index in [-0.39, 0.29) is 17.1 Å². The van der Waals surface area contributed by atoms with Crippen LogP contribution in [0.15, 0.2) is 77.7 Å². The van der Waals surface area contributed by atoms with Crippen molar-refractivity contribution in [2.45, 2.75) is 51.7 Å². The number of hydrogen-bond acceptors (Lipinski definition) is 7. The summed E-state index contributed by atoms with van der Waals surface area (Å²) in [6.07, 6.45) is 3.37. The SMILES string of the molecule is [B]NC(C)(C)c1cccc(CC(C)Nc2nccc(N3CCCn4c3nc(-c3ccccc3)cc4=O)n2)c1. The summed E-state index contributed by atoms with van der Waals surface area (Å²) in [7, 11) is 5.74. The van der Waals surface area contributed by atoms with Gasteiger partial charge < -0.3 is 10.5 Å². The summed E-state index contributed by atoms with van der Waals surface area (Å²) >= 11 is 0. The molecular formula is C29H32BN7O. The second-order valence-electron chi connectivity index (χ2n) is 10.3. The minimum atomic E-state index is -0.314. The summed E-state index contributed by atoms with van der Waals surface area (Å²) in [5, 5.41) is 6.31. The van der Waals surface area contributed by atoms with Crippen molar-refractivity contribution in [1.29, 1.82) is 0 Å². The zero-order chi connectivity index (χ0) is 26.7. The van der Waals surface area contributed by atoms with E-state index in [1.54, 1.807) is 16.8 Å². The number of aromatic nitrogens is 4. The lowest BCUT2D eigenvalue weighted by Crippen LogP contribution is -2.36. The highest BCUT2D eigenvalue weighted by molar-refractivity contribution is 6.04. The van der Waals surface area contributed by atoms with Crippen LogP contribution in [-0.4, -0.2) is 40.1 Å². The minimum absolute atomic E-state index is 0.0603. The van der Waals surface area contributed by atoms with Crippen molar-refractivity contribution in [1.82, 2.24) is 24.7 Å². The normalized spacial score (nSPS) is 14.1. The molecule has 8 nitrogen and oxygen atoms in total. The Bertz CT molecular complexity index is 1470. The molecule has 0 saturated heterocycles. The molecule has 1 atom stereocenters. The molecule has 1 unspecified atom stereocenters. The first-order valence-electron chi connectivity index (χ1n) is 13.0. The molecule has 4 aromatic rings. The van der Waals surface area contributed by atoms with Crippen LogP contribution in [0.3, 0.4) is 0 Å². The molecule has 2 aromatic heterocycles. The van der Waals surface area contributed by atoms with E-state index >= 15 is 0 Å². The van der Waals surface area contributed by atoms with Crippen LogP contribution in [0.2, 0.25) is 0 Å². The molecular weight excluding hydrogens is 473 g/mol. The Kier molecular flexibility index (Phi) is 7.29. The maximum absolute atomic E-state index is 13.0. The van der Waals surface area contributed by atoms with Crippen LogP contribution in [0.25, 0.3) is 11.3 Å². The van der Waals surface area contributed by atoms with Gasteiger partial charge in [-0.2, -0.15) is 4.98 Å². The average Bonchev–Trinajstić information content (AvgIpc) is 2.93. The zero-order valence-corrected chi connectivity index (χ0v) is 22.1. The predicted octanol–water partition coefficient (Wildman–Crippen LogP) is 4.19. The monoisotopic (exact) mass is 505 g/mol. The molecule has 1 aliphatic rings. The Morgan fingerprint density at radius 1 is 1.03 bits per heavy atom. The lowest BCUT2D eigenvalue weighted by molar-refractivity contribution is 0.501. The van der Waals surface area contributed by atoms with E-state index < -0.39 is 0 Å². The van der Waals surface area contributed by atoms with Gasteiger partial charge in [0.05, 0.1) is 5.69 Å². The number of fused-ring (bicyclic) bond motifs is 1. The Labute approximate surface area is 224 Å². The third kappa shape index (κ3) is 5.48. The van der Waals surface area contributed by atoms with Gasteiger partial charge in [0.25, 0.3) is 5.56 Å². The Hall–Kier alpha value is -3.98. The minimum Gasteiger partial charge on any atom is -0.358 e. The van der Waals surface area contributed by atoms with Crippen molar-refractivity contribution in [3.63, 3.8) is 0 Å². The van der Waals surface area contributed by atoms with Gasteiger partial charge in [-0.1, -0.05) is 54.6 Å². The number of nitrogens with zero attached hydrogens (tertiary/aromatic N) is 5. The van der Waals surface area contributed by atoms with E-state index in [0.717, 1.165) is 24.0 Å². The standard InChI is InChI=1S/C29H32BN7O/c1-20(17-21-9-7-12-23(18-21)29(2,3)35-30)32-27-31-14-13-25(34-27)36-15-8-16-37-26(38)19-24(33-28(36)37)22-10-5-4-6-11-22/h4-7,9-14,18-20,35H,8,15-17H2,1-3H3,(H,31,32,34). The van der Waals surface area contributed by atoms with E-state index in [1.807, 2.05) is 41.3 Å². The van der Waals surface area contributed by atoms with Crippen LogP contribution in [0.1, 0.15) is 38.3 Å². The molecule has 2 aromatic carbocycles. The van der Waals surface area contributed by atoms with Crippen LogP contribution in [-0.2, 0) is 18.5 Å². The molecule has 1 aliphatic heterocycles. The largest absolute Gasteiger partial charge is 0.358 e. The molecule has 38 heavy (non-hydrogen) atoms. The summed E-state index contributed by atoms with van der Waals surface area (Å²) in [6.45, 7) is 7.57. The predicted molar refractivity (Wildman–Crippen MR) is 153 cm³/mol. The van der Waals surface area contributed by atoms with Crippen molar-refractivity contribution in [2.24, 2.45) is 0 Å². The summed E-state index contributed by atoms with van der Waals surface area (Å²) in [5.41, 5.74) is 3.52. The number of rotatable bonds is 8. The van der Waals surface area contributed by atoms with Crippen LogP contribution >= 0.6 is 0 Å². The van der Waals surface area contributed by atoms with E-state index in [2.05, 4.69) is 60.6 Å². The van der Waals surface area contributed by atoms with E-state index in [0.29, 0.717) is 36.5 Å². The summed E-state index contributed by atoms with van der Waals surface area (Å²) < 4.78 is 1.72. The highest BCUT2D eigenvalue weighted by atomic mass is 16.1. The molecule has 2 radical (unpaired) electrons. The van der Waals surface area contributed by atoms with Crippen molar-refractivity contribution < 1.29 is 0 Å². The van der Waals surface area contributed by atoms with Gasteiger partial charge in [-0.25, -0.2) is 9.97 Å². The second kappa shape index (κ2) is 10.8. The van der Waals surface area contributed by atoms with E-state index in [9.17, 15) is 4.79 Å². The topological polar surface area (TPSA) is 88.0 Å². The quantitative estimate of drug-likeness (QED) is 0.347. The number of anilines is 3. The van der Waals surface area contributed by atoms with Gasteiger partial charge in [0.2, 0.25) is 11.9 Å². The van der Waals surface area contributed by atoms with Crippen molar-refractivity contribution in [3.8, 4) is 11.3 Å². The number of hydrogen-bond donors (Lipinski definition) is 2. The number of nitrogens with one attached hydrogen (secondary N) is 2. The molecule has 0 aliphatic carbocycles. The van der Waals surface area contributed by atoms with Gasteiger partial charge in [0, 0.05) is 42.5 Å². The first kappa shape index (κ1) is 25.7. The molecule has 3 heterocycles. The highest BCUT2D eigenvalue weighted by Crippen LogP contribution is 2.28. The smallest absolute Gasteiger partial charge is 0.255 e. The van der Waals surface area contributed by atoms with Crippen LogP contribution in [0.4, 0.5) is 17.7 Å². The molecule has 0 fully saturated rings. The van der Waals surface area contributed by atoms with Crippen LogP contribution < -0.4 is 21.0 Å². The molecule has 0 bridgehead atoms. The first-order valence-corrected chi connectivity index (χ1v) is 13.0. The summed E-state index contributed by atoms with van der Waals surface area (Å²) in [4.78, 5) is 29.1. The average molecular weight is 505 g/mol. The fraction of sp³-hybridized carbons (Fsp3) is 0.310. The van der Waals surface area contributed by atoms with Crippen LogP contribution in [0.5, 0.6) is 0 Å². The van der Waals surface area contributed by atoms with E-state index in [1.165, 1.54) is 5.56 Å². The molecule has 2 N–H and O–H groups in total. The van der Waals surface area contributed by atoms with Gasteiger partial charge in [0.15, 0.2) is 7.98 Å². The van der Waals surface area contributed by atoms with Crippen molar-refractivity contribution in [2.75, 3.05) is 16.8 Å². The lowest BCUT2D eigenvalue weighted by Gasteiger charge is -2.30. The lowest BCUT2D eigenvalue weighted by atomic mass is 9.90. The maximum atomic E-state index is 13.0. The zero-order valence-electron chi connectivity index (χ0n) is 22.1. The van der Waals surface area contributed by atoms with Crippen LogP contribution in [0, 0.1) is 0 Å². The third-order valence-electron chi connectivity index (χ3n) is 6.91. The Balaban J connectivity index is 1.37. The fourth-order valence-corrected chi connectivity index (χ4v) is 4.74. The molecule has 5 rings (SSSR count). The summed E-state index contributed by atoms with van der Waals surface area (Å²) in [6, 6.07) is 21.7. The Morgan fingerprint density at radius 2 is 1.84 bits per heavy atom. The second-order valence-corrected chi connectivity index (χ2v) is 10.3. The van der Waals surface area contributed by atoms with Crippen molar-refractivity contribution >= 4 is 25.7 Å². The van der Waals surface area contributed by atoms with Gasteiger partial charge in [-0.15, -0.1) is 0 Å². The third-order valence-corrected chi connectivity index (χ3v) is 6.91. The molecule has 0 saturated carbocycles. The Morgan fingerprint density at radius 3 is 2.63 bits per heavy atom. The van der Waals surface area contributed by atoms with Gasteiger partial charge in [-0.05, 0) is 50.8 Å². The molecule has 0 amide bonds. The molecule has 192 valence electrons. The van der Waals surface area contributed by atoms with E-state index in [4.69, 9.17) is 17.9 Å².